The SMILES string of the molecule is C#CCN(c1ccc(C(=O)N[C@@H](CCC(=O)N(C)[C@H](CCC(=O)O)C(=O)O)C(=O)O)cc1)[C@H]1CCc2cc3nc(COC)[nH]c(=O)c3cc21. The van der Waals surface area contributed by atoms with E-state index in [0.717, 1.165) is 28.9 Å². The van der Waals surface area contributed by atoms with Crippen LogP contribution in [-0.4, -0.2) is 92.7 Å². The van der Waals surface area contributed by atoms with E-state index >= 15 is 0 Å². The lowest BCUT2D eigenvalue weighted by molar-refractivity contribution is -0.150. The smallest absolute Gasteiger partial charge is 0.326 e. The zero-order chi connectivity index (χ0) is 35.8. The lowest BCUT2D eigenvalue weighted by Gasteiger charge is -2.30. The summed E-state index contributed by atoms with van der Waals surface area (Å²) in [4.78, 5) is 83.0. The van der Waals surface area contributed by atoms with Crippen molar-refractivity contribution in [2.75, 3.05) is 25.6 Å². The van der Waals surface area contributed by atoms with Crippen LogP contribution in [0, 0.1) is 12.3 Å². The molecule has 2 aromatic carbocycles. The number of ether oxygens (including phenoxy) is 1. The van der Waals surface area contributed by atoms with Crippen molar-refractivity contribution < 1.29 is 44.0 Å². The topological polar surface area (TPSA) is 220 Å². The van der Waals surface area contributed by atoms with Crippen LogP contribution >= 0.6 is 0 Å². The minimum Gasteiger partial charge on any atom is -0.481 e. The maximum atomic E-state index is 13.0. The molecule has 4 rings (SSSR count). The van der Waals surface area contributed by atoms with Gasteiger partial charge in [0.05, 0.1) is 23.5 Å². The number of carbonyl (C=O) groups is 5. The van der Waals surface area contributed by atoms with Crippen LogP contribution in [0.25, 0.3) is 10.9 Å². The number of terminal acetylenes is 1. The quantitative estimate of drug-likeness (QED) is 0.138. The number of nitrogens with one attached hydrogen (secondary N) is 2. The molecular formula is C34H37N5O10. The second-order valence-corrected chi connectivity index (χ2v) is 11.6. The summed E-state index contributed by atoms with van der Waals surface area (Å²) in [6, 6.07) is 7.14. The van der Waals surface area contributed by atoms with Gasteiger partial charge in [0.2, 0.25) is 5.91 Å². The molecule has 3 aromatic rings. The Hall–Kier alpha value is -5.75. The number of amides is 2. The van der Waals surface area contributed by atoms with Gasteiger partial charge in [-0.1, -0.05) is 5.92 Å². The van der Waals surface area contributed by atoms with E-state index in [4.69, 9.17) is 16.3 Å². The van der Waals surface area contributed by atoms with Gasteiger partial charge in [0.25, 0.3) is 11.5 Å². The fourth-order valence-corrected chi connectivity index (χ4v) is 5.94. The van der Waals surface area contributed by atoms with E-state index in [9.17, 15) is 39.0 Å². The normalized spacial score (nSPS) is 14.7. The number of hydrogen-bond donors (Lipinski definition) is 5. The molecule has 0 bridgehead atoms. The Morgan fingerprint density at radius 1 is 1.08 bits per heavy atom. The Morgan fingerprint density at radius 2 is 1.80 bits per heavy atom. The first-order chi connectivity index (χ1) is 23.3. The number of aryl methyl sites for hydroxylation is 1. The van der Waals surface area contributed by atoms with Gasteiger partial charge in [-0.05, 0) is 73.2 Å². The zero-order valence-corrected chi connectivity index (χ0v) is 27.0. The molecule has 1 aromatic heterocycles. The van der Waals surface area contributed by atoms with Crippen LogP contribution in [0.15, 0.2) is 41.2 Å². The number of aromatic amines is 1. The number of aliphatic carboxylic acids is 3. The molecule has 5 N–H and O–H groups in total. The second-order valence-electron chi connectivity index (χ2n) is 11.6. The largest absolute Gasteiger partial charge is 0.481 e. The molecule has 1 aliphatic carbocycles. The van der Waals surface area contributed by atoms with Crippen LogP contribution in [-0.2, 0) is 36.9 Å². The molecule has 2 amide bonds. The molecule has 49 heavy (non-hydrogen) atoms. The molecule has 0 aliphatic heterocycles. The van der Waals surface area contributed by atoms with Gasteiger partial charge in [-0.25, -0.2) is 14.6 Å². The van der Waals surface area contributed by atoms with Gasteiger partial charge in [-0.2, -0.15) is 0 Å². The number of benzene rings is 2. The highest BCUT2D eigenvalue weighted by atomic mass is 16.5. The maximum absolute atomic E-state index is 13.0. The third kappa shape index (κ3) is 8.59. The molecule has 15 heteroatoms. The number of anilines is 1. The molecule has 0 radical (unpaired) electrons. The van der Waals surface area contributed by atoms with E-state index in [-0.39, 0.29) is 43.2 Å². The Kier molecular flexibility index (Phi) is 11.7. The van der Waals surface area contributed by atoms with Gasteiger partial charge in [0.1, 0.15) is 24.5 Å². The van der Waals surface area contributed by atoms with Crippen LogP contribution < -0.4 is 15.8 Å². The molecule has 3 atom stereocenters. The maximum Gasteiger partial charge on any atom is 0.326 e. The number of H-pyrrole nitrogens is 1. The first kappa shape index (κ1) is 36.1. The number of hydrogen-bond acceptors (Lipinski definition) is 9. The Balaban J connectivity index is 1.46. The van der Waals surface area contributed by atoms with Crippen LogP contribution in [0.3, 0.4) is 0 Å². The van der Waals surface area contributed by atoms with Crippen molar-refractivity contribution >= 4 is 46.3 Å². The van der Waals surface area contributed by atoms with Crippen molar-refractivity contribution in [1.82, 2.24) is 20.2 Å². The fourth-order valence-electron chi connectivity index (χ4n) is 5.94. The van der Waals surface area contributed by atoms with E-state index in [1.807, 2.05) is 17.0 Å². The zero-order valence-electron chi connectivity index (χ0n) is 27.0. The molecule has 1 aliphatic rings. The number of carbonyl (C=O) groups excluding carboxylic acids is 2. The Bertz CT molecular complexity index is 1850. The Labute approximate surface area is 280 Å². The third-order valence-corrected chi connectivity index (χ3v) is 8.47. The second kappa shape index (κ2) is 15.9. The first-order valence-corrected chi connectivity index (χ1v) is 15.4. The molecule has 0 fully saturated rings. The molecule has 15 nitrogen and oxygen atoms in total. The number of carboxylic acids is 3. The van der Waals surface area contributed by atoms with Crippen LogP contribution in [0.5, 0.6) is 0 Å². The lowest BCUT2D eigenvalue weighted by Crippen LogP contribution is -2.45. The van der Waals surface area contributed by atoms with E-state index < -0.39 is 54.6 Å². The number of fused-ring (bicyclic) bond motifs is 2. The minimum atomic E-state index is -1.46. The van der Waals surface area contributed by atoms with Crippen molar-refractivity contribution in [2.24, 2.45) is 0 Å². The van der Waals surface area contributed by atoms with E-state index in [1.54, 1.807) is 12.1 Å². The Morgan fingerprint density at radius 3 is 2.41 bits per heavy atom. The summed E-state index contributed by atoms with van der Waals surface area (Å²) in [7, 11) is 2.72. The average molecular weight is 676 g/mol. The van der Waals surface area contributed by atoms with Crippen molar-refractivity contribution in [3.8, 4) is 12.3 Å². The summed E-state index contributed by atoms with van der Waals surface area (Å²) in [6.07, 6.45) is 5.67. The monoisotopic (exact) mass is 675 g/mol. The van der Waals surface area contributed by atoms with Gasteiger partial charge in [-0.15, -0.1) is 6.42 Å². The highest BCUT2D eigenvalue weighted by Gasteiger charge is 2.31. The van der Waals surface area contributed by atoms with Gasteiger partial charge in [0, 0.05) is 38.2 Å². The lowest BCUT2D eigenvalue weighted by atomic mass is 10.0. The van der Waals surface area contributed by atoms with Crippen molar-refractivity contribution in [3.63, 3.8) is 0 Å². The summed E-state index contributed by atoms with van der Waals surface area (Å²) >= 11 is 0. The summed E-state index contributed by atoms with van der Waals surface area (Å²) < 4.78 is 5.10. The number of carboxylic acid groups (broad SMARTS) is 3. The van der Waals surface area contributed by atoms with Crippen molar-refractivity contribution in [1.29, 1.82) is 0 Å². The van der Waals surface area contributed by atoms with Gasteiger partial charge in [0.15, 0.2) is 0 Å². The first-order valence-electron chi connectivity index (χ1n) is 15.4. The van der Waals surface area contributed by atoms with E-state index in [1.165, 1.54) is 26.3 Å². The van der Waals surface area contributed by atoms with Crippen LogP contribution in [0.1, 0.15) is 65.5 Å². The van der Waals surface area contributed by atoms with Gasteiger partial charge < -0.3 is 40.2 Å². The highest BCUT2D eigenvalue weighted by Crippen LogP contribution is 2.39. The summed E-state index contributed by atoms with van der Waals surface area (Å²) in [5.74, 6) is -2.31. The molecular weight excluding hydrogens is 638 g/mol. The van der Waals surface area contributed by atoms with E-state index in [2.05, 4.69) is 21.2 Å². The van der Waals surface area contributed by atoms with Crippen LogP contribution in [0.2, 0.25) is 0 Å². The molecule has 1 heterocycles. The summed E-state index contributed by atoms with van der Waals surface area (Å²) in [6.45, 7) is 0.410. The molecule has 0 saturated heterocycles. The standard InChI is InChI=1S/C34H37N5O10/c1-4-15-39(26-11-7-20-16-25-23(17-22(20)26)32(44)37-28(35-25)18-49-3)21-8-5-19(6-9-21)31(43)36-24(33(45)46)10-13-29(40)38(2)27(34(47)48)12-14-30(41)42/h1,5-6,8-9,16-17,24,26-27H,7,10-15,18H2,2-3H3,(H,36,43)(H,41,42)(H,45,46)(H,47,48)(H,35,37,44)/t24-,26-,27+/m0/s1. The van der Waals surface area contributed by atoms with Gasteiger partial charge in [-0.3, -0.25) is 19.2 Å². The van der Waals surface area contributed by atoms with Crippen molar-refractivity contribution in [2.45, 2.75) is 63.3 Å². The molecule has 0 spiro atoms. The van der Waals surface area contributed by atoms with E-state index in [0.29, 0.717) is 22.4 Å². The molecule has 258 valence electrons. The van der Waals surface area contributed by atoms with Crippen LogP contribution in [0.4, 0.5) is 5.69 Å². The number of nitrogens with zero attached hydrogens (tertiary/aromatic N) is 3. The number of aromatic nitrogens is 2. The minimum absolute atomic E-state index is 0.154. The average Bonchev–Trinajstić information content (AvgIpc) is 3.46. The summed E-state index contributed by atoms with van der Waals surface area (Å²) in [5, 5.41) is 30.8. The number of likely N-dealkylation sites (N-methyl/N-ethyl adjacent to an activating group) is 1. The number of rotatable bonds is 16. The van der Waals surface area contributed by atoms with Crippen molar-refractivity contribution in [3.05, 3.63) is 69.3 Å². The third-order valence-electron chi connectivity index (χ3n) is 8.47. The van der Waals surface area contributed by atoms with Gasteiger partial charge >= 0.3 is 17.9 Å². The molecule has 0 unspecified atom stereocenters. The molecule has 0 saturated carbocycles. The fraction of sp³-hybridized carbons (Fsp3) is 0.382. The predicted molar refractivity (Wildman–Crippen MR) is 176 cm³/mol. The summed E-state index contributed by atoms with van der Waals surface area (Å²) in [5.41, 5.74) is 3.14. The predicted octanol–water partition coefficient (Wildman–Crippen LogP) is 1.94. The highest BCUT2D eigenvalue weighted by molar-refractivity contribution is 5.97. The number of methoxy groups -OCH3 is 1.